The lowest BCUT2D eigenvalue weighted by Crippen LogP contribution is -2.60. The van der Waals surface area contributed by atoms with Gasteiger partial charge < -0.3 is 46.2 Å². The van der Waals surface area contributed by atoms with Crippen LogP contribution in [0.15, 0.2) is 60.7 Å². The quantitative estimate of drug-likeness (QED) is 0.133. The minimum Gasteiger partial charge on any atom is -0.481 e. The molecule has 0 aliphatic heterocycles. The van der Waals surface area contributed by atoms with Crippen LogP contribution < -0.4 is 16.0 Å². The minimum atomic E-state index is -2.25. The maximum atomic E-state index is 13.1. The lowest BCUT2D eigenvalue weighted by atomic mass is 9.96. The molecule has 0 saturated carbocycles. The highest BCUT2D eigenvalue weighted by Crippen LogP contribution is 2.18. The third-order valence-electron chi connectivity index (χ3n) is 6.76. The second-order valence-electron chi connectivity index (χ2n) is 9.86. The van der Waals surface area contributed by atoms with Crippen LogP contribution in [-0.4, -0.2) is 86.4 Å². The predicted octanol–water partition coefficient (Wildman–Crippen LogP) is 0.220. The number of benzene rings is 2. The Bertz CT molecular complexity index is 1150. The average Bonchev–Trinajstić information content (AvgIpc) is 3.00. The van der Waals surface area contributed by atoms with E-state index in [-0.39, 0.29) is 6.61 Å². The fourth-order valence-corrected chi connectivity index (χ4v) is 4.05. The summed E-state index contributed by atoms with van der Waals surface area (Å²) in [5.41, 5.74) is 1.16. The van der Waals surface area contributed by atoms with Gasteiger partial charge in [0.1, 0.15) is 24.9 Å². The summed E-state index contributed by atoms with van der Waals surface area (Å²) in [4.78, 5) is 49.4. The summed E-state index contributed by atoms with van der Waals surface area (Å²) < 4.78 is 5.18. The summed E-state index contributed by atoms with van der Waals surface area (Å²) in [5, 5.41) is 57.8. The zero-order valence-corrected chi connectivity index (χ0v) is 23.4. The molecule has 0 aliphatic carbocycles. The second kappa shape index (κ2) is 17.0. The first kappa shape index (κ1) is 34.2. The van der Waals surface area contributed by atoms with Gasteiger partial charge in [-0.2, -0.15) is 0 Å². The Morgan fingerprint density at radius 1 is 0.833 bits per heavy atom. The largest absolute Gasteiger partial charge is 0.481 e. The fourth-order valence-electron chi connectivity index (χ4n) is 4.05. The third-order valence-corrected chi connectivity index (χ3v) is 6.76. The lowest BCUT2D eigenvalue weighted by molar-refractivity contribution is -0.145. The Morgan fingerprint density at radius 2 is 1.43 bits per heavy atom. The van der Waals surface area contributed by atoms with Gasteiger partial charge in [0.25, 0.3) is 5.91 Å². The van der Waals surface area contributed by atoms with Gasteiger partial charge in [-0.3, -0.25) is 14.4 Å². The number of carbonyl (C=O) groups excluding carboxylic acids is 3. The highest BCUT2D eigenvalue weighted by atomic mass is 16.5. The Kier molecular flexibility index (Phi) is 13.9. The second-order valence-corrected chi connectivity index (χ2v) is 9.86. The van der Waals surface area contributed by atoms with Crippen LogP contribution >= 0.6 is 0 Å². The number of nitrogens with one attached hydrogen (secondary N) is 3. The molecule has 0 aromatic heterocycles. The number of rotatable bonds is 16. The molecule has 3 amide bonds. The number of alkyl carbamates (subject to hydrolysis) is 1. The van der Waals surface area contributed by atoms with Gasteiger partial charge in [-0.05, 0) is 17.0 Å². The Hall–Kier alpha value is -4.04. The van der Waals surface area contributed by atoms with E-state index in [4.69, 9.17) is 4.74 Å². The topological polar surface area (TPSA) is 215 Å². The third kappa shape index (κ3) is 10.4. The van der Waals surface area contributed by atoms with Gasteiger partial charge in [-0.1, -0.05) is 80.9 Å². The van der Waals surface area contributed by atoms with Crippen LogP contribution in [0.2, 0.25) is 0 Å². The summed E-state index contributed by atoms with van der Waals surface area (Å²) in [6.07, 6.45) is -7.39. The Balaban J connectivity index is 2.04. The summed E-state index contributed by atoms with van der Waals surface area (Å²) in [5.74, 6) is -3.62. The van der Waals surface area contributed by atoms with E-state index in [0.29, 0.717) is 12.0 Å². The smallest absolute Gasteiger partial charge is 0.408 e. The van der Waals surface area contributed by atoms with Gasteiger partial charge in [0.05, 0.1) is 25.1 Å². The van der Waals surface area contributed by atoms with E-state index >= 15 is 0 Å². The minimum absolute atomic E-state index is 0.0385. The van der Waals surface area contributed by atoms with E-state index in [0.717, 1.165) is 5.56 Å². The molecule has 0 radical (unpaired) electrons. The van der Waals surface area contributed by atoms with Gasteiger partial charge in [-0.25, -0.2) is 4.79 Å². The zero-order chi connectivity index (χ0) is 31.2. The number of aliphatic carboxylic acids is 1. The number of amides is 3. The number of carbonyl (C=O) groups is 4. The molecule has 8 N–H and O–H groups in total. The van der Waals surface area contributed by atoms with Crippen LogP contribution in [0.3, 0.4) is 0 Å². The molecule has 7 atom stereocenters. The first-order valence-corrected chi connectivity index (χ1v) is 13.5. The predicted molar refractivity (Wildman–Crippen MR) is 150 cm³/mol. The number of hydrogen-bond donors (Lipinski definition) is 8. The SMILES string of the molecule is CC[C@H](C)[C@H](NC(=O)OCc1ccccc1)C(=O)N[C@@H](CO)[C@@H](O)[C@@H](O)[C@H](O)C(=O)N[C@@H](CC(=O)O)c1ccccc1. The molecule has 230 valence electrons. The molecule has 2 aromatic carbocycles. The summed E-state index contributed by atoms with van der Waals surface area (Å²) in [6, 6.07) is 13.2. The normalized spacial score (nSPS) is 16.0. The average molecular weight is 590 g/mol. The van der Waals surface area contributed by atoms with Crippen molar-refractivity contribution >= 4 is 23.9 Å². The van der Waals surface area contributed by atoms with Gasteiger partial charge in [-0.15, -0.1) is 0 Å². The van der Waals surface area contributed by atoms with Gasteiger partial charge >= 0.3 is 12.1 Å². The van der Waals surface area contributed by atoms with Crippen molar-refractivity contribution in [3.63, 3.8) is 0 Å². The number of ether oxygens (including phenoxy) is 1. The van der Waals surface area contributed by atoms with Crippen LogP contribution in [0.5, 0.6) is 0 Å². The maximum Gasteiger partial charge on any atom is 0.408 e. The van der Waals surface area contributed by atoms with Crippen LogP contribution in [0.25, 0.3) is 0 Å². The maximum absolute atomic E-state index is 13.1. The summed E-state index contributed by atoms with van der Waals surface area (Å²) in [6.45, 7) is 2.54. The standard InChI is InChI=1S/C29H39N3O10/c1-3-17(2)23(32-29(41)42-16-18-10-6-4-7-11-18)27(39)31-21(15-33)24(36)25(37)26(38)28(40)30-20(14-22(34)35)19-12-8-5-9-13-19/h4-13,17,20-21,23-26,33,36-38H,3,14-16H2,1-2H3,(H,30,40)(H,31,39)(H,32,41)(H,34,35)/t17-,20-,21-,23-,24+,25+,26-/m0/s1. The van der Waals surface area contributed by atoms with Crippen molar-refractivity contribution in [2.24, 2.45) is 5.92 Å². The molecule has 0 saturated heterocycles. The zero-order valence-electron chi connectivity index (χ0n) is 23.4. The van der Waals surface area contributed by atoms with Crippen molar-refractivity contribution in [2.75, 3.05) is 6.61 Å². The highest BCUT2D eigenvalue weighted by molar-refractivity contribution is 5.86. The van der Waals surface area contributed by atoms with Crippen molar-refractivity contribution in [2.45, 2.75) is 69.7 Å². The van der Waals surface area contributed by atoms with Crippen LogP contribution in [0.1, 0.15) is 43.9 Å². The summed E-state index contributed by atoms with van der Waals surface area (Å²) in [7, 11) is 0. The van der Waals surface area contributed by atoms with Gasteiger partial charge in [0.15, 0.2) is 6.10 Å². The van der Waals surface area contributed by atoms with Crippen LogP contribution in [0, 0.1) is 5.92 Å². The first-order chi connectivity index (χ1) is 20.0. The number of carboxylic acid groups (broad SMARTS) is 1. The number of aliphatic hydroxyl groups excluding tert-OH is 4. The molecule has 0 spiro atoms. The fraction of sp³-hybridized carbons (Fsp3) is 0.448. The molecular weight excluding hydrogens is 550 g/mol. The molecule has 2 aromatic rings. The van der Waals surface area contributed by atoms with Crippen molar-refractivity contribution < 1.29 is 49.4 Å². The molecular formula is C29H39N3O10. The highest BCUT2D eigenvalue weighted by Gasteiger charge is 2.38. The first-order valence-electron chi connectivity index (χ1n) is 13.5. The molecule has 42 heavy (non-hydrogen) atoms. The van der Waals surface area contributed by atoms with E-state index < -0.39 is 79.3 Å². The molecule has 0 unspecified atom stereocenters. The van der Waals surface area contributed by atoms with Crippen molar-refractivity contribution in [1.29, 1.82) is 0 Å². The lowest BCUT2D eigenvalue weighted by Gasteiger charge is -2.31. The number of carboxylic acids is 1. The summed E-state index contributed by atoms with van der Waals surface area (Å²) >= 11 is 0. The molecule has 0 fully saturated rings. The van der Waals surface area contributed by atoms with Crippen LogP contribution in [0.4, 0.5) is 4.79 Å². The molecule has 13 nitrogen and oxygen atoms in total. The monoisotopic (exact) mass is 589 g/mol. The number of hydrogen-bond acceptors (Lipinski definition) is 9. The van der Waals surface area contributed by atoms with E-state index in [1.165, 1.54) is 0 Å². The van der Waals surface area contributed by atoms with Crippen molar-refractivity contribution in [1.82, 2.24) is 16.0 Å². The molecule has 2 rings (SSSR count). The van der Waals surface area contributed by atoms with E-state index in [1.54, 1.807) is 68.4 Å². The Morgan fingerprint density at radius 3 is 1.98 bits per heavy atom. The number of aliphatic hydroxyl groups is 4. The molecule has 13 heteroatoms. The molecule has 0 heterocycles. The Labute approximate surface area is 243 Å². The van der Waals surface area contributed by atoms with Crippen LogP contribution in [-0.2, 0) is 25.7 Å². The molecule has 0 bridgehead atoms. The van der Waals surface area contributed by atoms with E-state index in [1.807, 2.05) is 6.07 Å². The van der Waals surface area contributed by atoms with Gasteiger partial charge in [0.2, 0.25) is 5.91 Å². The van der Waals surface area contributed by atoms with E-state index in [2.05, 4.69) is 16.0 Å². The van der Waals surface area contributed by atoms with Crippen molar-refractivity contribution in [3.05, 3.63) is 71.8 Å². The van der Waals surface area contributed by atoms with E-state index in [9.17, 15) is 44.7 Å². The van der Waals surface area contributed by atoms with Crippen molar-refractivity contribution in [3.8, 4) is 0 Å². The van der Waals surface area contributed by atoms with Gasteiger partial charge in [0, 0.05) is 0 Å². The molecule has 0 aliphatic rings.